The van der Waals surface area contributed by atoms with Gasteiger partial charge in [0.15, 0.2) is 0 Å². The van der Waals surface area contributed by atoms with Gasteiger partial charge in [-0.05, 0) is 49.9 Å². The molecule has 0 bridgehead atoms. The molecule has 0 spiro atoms. The van der Waals surface area contributed by atoms with Gasteiger partial charge in [-0.2, -0.15) is 0 Å². The first-order valence-electron chi connectivity index (χ1n) is 8.73. The molecule has 0 N–H and O–H groups in total. The van der Waals surface area contributed by atoms with Gasteiger partial charge in [0.1, 0.15) is 5.82 Å². The Morgan fingerprint density at radius 2 is 1.88 bits per heavy atom. The number of aromatic nitrogens is 1. The molecule has 2 atom stereocenters. The lowest BCUT2D eigenvalue weighted by atomic mass is 10.1. The zero-order valence-corrected chi connectivity index (χ0v) is 15.8. The lowest BCUT2D eigenvalue weighted by Gasteiger charge is -2.06. The van der Waals surface area contributed by atoms with Gasteiger partial charge in [-0.3, -0.25) is 4.79 Å². The van der Waals surface area contributed by atoms with Crippen LogP contribution in [0.3, 0.4) is 0 Å². The van der Waals surface area contributed by atoms with Crippen LogP contribution in [0.25, 0.3) is 10.2 Å². The summed E-state index contributed by atoms with van der Waals surface area (Å²) in [7, 11) is 1.47. The van der Waals surface area contributed by atoms with Crippen LogP contribution in [0.4, 0.5) is 4.39 Å². The number of para-hydroxylation sites is 1. The molecule has 3 nitrogen and oxygen atoms in total. The second kappa shape index (κ2) is 8.41. The molecule has 2 aromatic carbocycles. The smallest absolute Gasteiger partial charge is 0.308 e. The summed E-state index contributed by atoms with van der Waals surface area (Å²) >= 11 is 1.75. The minimum absolute atomic E-state index is 0.0620. The van der Waals surface area contributed by atoms with Gasteiger partial charge >= 0.3 is 5.97 Å². The first-order chi connectivity index (χ1) is 12.6. The molecule has 3 aromatic rings. The number of benzene rings is 2. The fourth-order valence-electron chi connectivity index (χ4n) is 3.20. The van der Waals surface area contributed by atoms with Crippen LogP contribution in [-0.4, -0.2) is 18.1 Å². The van der Waals surface area contributed by atoms with Gasteiger partial charge in [0, 0.05) is 5.92 Å². The number of rotatable bonds is 2. The van der Waals surface area contributed by atoms with E-state index in [2.05, 4.69) is 11.1 Å². The van der Waals surface area contributed by atoms with Crippen LogP contribution in [0.15, 0.2) is 48.5 Å². The highest BCUT2D eigenvalue weighted by Gasteiger charge is 2.32. The van der Waals surface area contributed by atoms with Crippen molar-refractivity contribution in [2.24, 2.45) is 5.92 Å². The number of esters is 1. The van der Waals surface area contributed by atoms with E-state index in [4.69, 9.17) is 4.74 Å². The summed E-state index contributed by atoms with van der Waals surface area (Å²) in [6, 6.07) is 14.9. The zero-order chi connectivity index (χ0) is 18.5. The summed E-state index contributed by atoms with van der Waals surface area (Å²) in [6.07, 6.45) is 2.85. The Balaban J connectivity index is 0.000000206. The van der Waals surface area contributed by atoms with Gasteiger partial charge in [0.2, 0.25) is 0 Å². The summed E-state index contributed by atoms with van der Waals surface area (Å²) < 4.78 is 18.4. The van der Waals surface area contributed by atoms with Crippen molar-refractivity contribution < 1.29 is 13.9 Å². The lowest BCUT2D eigenvalue weighted by Crippen LogP contribution is -2.12. The molecule has 136 valence electrons. The summed E-state index contributed by atoms with van der Waals surface area (Å²) in [5, 5.41) is 1.17. The normalized spacial score (nSPS) is 19.0. The maximum absolute atomic E-state index is 12.3. The molecule has 0 amide bonds. The number of fused-ring (bicyclic) bond motifs is 1. The van der Waals surface area contributed by atoms with Crippen LogP contribution < -0.4 is 0 Å². The Hall–Kier alpha value is -2.27. The molecule has 0 radical (unpaired) electrons. The molecule has 5 heteroatoms. The minimum Gasteiger partial charge on any atom is -0.469 e. The molecule has 1 aliphatic rings. The Morgan fingerprint density at radius 3 is 2.54 bits per heavy atom. The Morgan fingerprint density at radius 1 is 1.15 bits per heavy atom. The summed E-state index contributed by atoms with van der Waals surface area (Å²) in [5.41, 5.74) is 1.77. The highest BCUT2D eigenvalue weighted by atomic mass is 32.1. The predicted molar refractivity (Wildman–Crippen MR) is 103 cm³/mol. The van der Waals surface area contributed by atoms with Gasteiger partial charge in [0.05, 0.1) is 28.3 Å². The standard InChI is InChI=1S/C14H15NO2S.C7H7F/c1-17-14(16)10-7-6-9(8-10)13-15-11-4-2-3-5-12(11)18-13;1-6-4-2-3-5-7(6)8/h2-5,9-10H,6-8H2,1H3;2-5H,1H3. The molecule has 1 aromatic heterocycles. The molecule has 0 saturated heterocycles. The van der Waals surface area contributed by atoms with Gasteiger partial charge in [-0.15, -0.1) is 11.3 Å². The van der Waals surface area contributed by atoms with E-state index in [1.54, 1.807) is 30.4 Å². The number of carbonyl (C=O) groups excluding carboxylic acids is 1. The minimum atomic E-state index is -0.132. The second-order valence-electron chi connectivity index (χ2n) is 6.50. The molecule has 26 heavy (non-hydrogen) atoms. The van der Waals surface area contributed by atoms with E-state index in [9.17, 15) is 9.18 Å². The van der Waals surface area contributed by atoms with Crippen molar-refractivity contribution in [3.8, 4) is 0 Å². The molecule has 4 rings (SSSR count). The molecule has 1 fully saturated rings. The van der Waals surface area contributed by atoms with Crippen LogP contribution in [0, 0.1) is 18.7 Å². The number of methoxy groups -OCH3 is 1. The van der Waals surface area contributed by atoms with E-state index in [1.807, 2.05) is 24.3 Å². The maximum atomic E-state index is 12.3. The molecule has 0 aliphatic heterocycles. The molecule has 1 saturated carbocycles. The van der Waals surface area contributed by atoms with Crippen molar-refractivity contribution in [3.63, 3.8) is 0 Å². The number of aryl methyl sites for hydroxylation is 1. The number of carbonyl (C=O) groups is 1. The van der Waals surface area contributed by atoms with E-state index in [0.29, 0.717) is 11.5 Å². The Kier molecular flexibility index (Phi) is 5.99. The van der Waals surface area contributed by atoms with Crippen LogP contribution >= 0.6 is 11.3 Å². The van der Waals surface area contributed by atoms with Crippen molar-refractivity contribution in [3.05, 3.63) is 64.9 Å². The number of nitrogens with zero attached hydrogens (tertiary/aromatic N) is 1. The Labute approximate surface area is 156 Å². The summed E-state index contributed by atoms with van der Waals surface area (Å²) in [6.45, 7) is 1.75. The number of ether oxygens (including phenoxy) is 1. The average molecular weight is 371 g/mol. The first-order valence-corrected chi connectivity index (χ1v) is 9.54. The zero-order valence-electron chi connectivity index (χ0n) is 14.9. The van der Waals surface area contributed by atoms with Crippen molar-refractivity contribution >= 4 is 27.5 Å². The second-order valence-corrected chi connectivity index (χ2v) is 7.56. The van der Waals surface area contributed by atoms with E-state index in [1.165, 1.54) is 22.9 Å². The third kappa shape index (κ3) is 4.28. The Bertz CT molecular complexity index is 838. The number of hydrogen-bond donors (Lipinski definition) is 0. The van der Waals surface area contributed by atoms with Crippen molar-refractivity contribution in [2.45, 2.75) is 32.1 Å². The SMILES string of the molecule is COC(=O)C1CCC(c2nc3ccccc3s2)C1.Cc1ccccc1F. The van der Waals surface area contributed by atoms with Crippen molar-refractivity contribution in [2.75, 3.05) is 7.11 Å². The number of halogens is 1. The van der Waals surface area contributed by atoms with Crippen molar-refractivity contribution in [1.82, 2.24) is 4.98 Å². The number of thiazole rings is 1. The molecule has 1 aliphatic carbocycles. The first kappa shape index (κ1) is 18.5. The van der Waals surface area contributed by atoms with Gasteiger partial charge in [0.25, 0.3) is 0 Å². The monoisotopic (exact) mass is 371 g/mol. The highest BCUT2D eigenvalue weighted by molar-refractivity contribution is 7.18. The molecule has 1 heterocycles. The van der Waals surface area contributed by atoms with Crippen LogP contribution in [0.2, 0.25) is 0 Å². The predicted octanol–water partition coefficient (Wildman–Crippen LogP) is 5.49. The molecule has 2 unspecified atom stereocenters. The fraction of sp³-hybridized carbons (Fsp3) is 0.333. The van der Waals surface area contributed by atoms with E-state index < -0.39 is 0 Å². The van der Waals surface area contributed by atoms with Crippen LogP contribution in [-0.2, 0) is 9.53 Å². The lowest BCUT2D eigenvalue weighted by molar-refractivity contribution is -0.145. The number of hydrogen-bond acceptors (Lipinski definition) is 4. The van der Waals surface area contributed by atoms with E-state index >= 15 is 0 Å². The third-order valence-corrected chi connectivity index (χ3v) is 5.90. The van der Waals surface area contributed by atoms with Crippen LogP contribution in [0.5, 0.6) is 0 Å². The quantitative estimate of drug-likeness (QED) is 0.559. The van der Waals surface area contributed by atoms with Gasteiger partial charge in [-0.1, -0.05) is 30.3 Å². The van der Waals surface area contributed by atoms with Gasteiger partial charge < -0.3 is 4.74 Å². The van der Waals surface area contributed by atoms with Gasteiger partial charge in [-0.25, -0.2) is 9.37 Å². The average Bonchev–Trinajstić information content (AvgIpc) is 3.30. The highest BCUT2D eigenvalue weighted by Crippen LogP contribution is 2.41. The van der Waals surface area contributed by atoms with E-state index in [0.717, 1.165) is 24.8 Å². The fourth-order valence-corrected chi connectivity index (χ4v) is 4.32. The molecular weight excluding hydrogens is 349 g/mol. The van der Waals surface area contributed by atoms with Crippen LogP contribution in [0.1, 0.15) is 35.8 Å². The summed E-state index contributed by atoms with van der Waals surface area (Å²) in [4.78, 5) is 16.2. The van der Waals surface area contributed by atoms with E-state index in [-0.39, 0.29) is 17.7 Å². The summed E-state index contributed by atoms with van der Waals surface area (Å²) in [5.74, 6) is 0.282. The molecular formula is C21H22FNO2S. The maximum Gasteiger partial charge on any atom is 0.308 e. The van der Waals surface area contributed by atoms with Crippen molar-refractivity contribution in [1.29, 1.82) is 0 Å². The third-order valence-electron chi connectivity index (χ3n) is 4.70. The topological polar surface area (TPSA) is 39.2 Å². The largest absolute Gasteiger partial charge is 0.469 e.